The fourth-order valence-electron chi connectivity index (χ4n) is 1.68. The van der Waals surface area contributed by atoms with Gasteiger partial charge in [-0.25, -0.2) is 0 Å². The van der Waals surface area contributed by atoms with Crippen molar-refractivity contribution in [3.05, 3.63) is 59.6 Å². The second-order valence-electron chi connectivity index (χ2n) is 3.88. The van der Waals surface area contributed by atoms with Crippen molar-refractivity contribution in [3.8, 4) is 0 Å². The van der Waals surface area contributed by atoms with Gasteiger partial charge in [-0.05, 0) is 29.1 Å². The maximum Gasteiger partial charge on any atom is 0.214 e. The van der Waals surface area contributed by atoms with Gasteiger partial charge in [0.05, 0.1) is 0 Å². The lowest BCUT2D eigenvalue weighted by Crippen LogP contribution is -2.50. The third-order valence-corrected chi connectivity index (χ3v) is 7.10. The molecule has 1 unspecified atom stereocenters. The lowest BCUT2D eigenvalue weighted by Gasteiger charge is -2.20. The molecule has 0 aromatic heterocycles. The summed E-state index contributed by atoms with van der Waals surface area (Å²) in [6, 6.07) is 18.1. The van der Waals surface area contributed by atoms with E-state index in [-0.39, 0.29) is 0 Å². The SMILES string of the molecule is C[Si](Cl)(c1ccccc1)c1ccc(Cl)cc1. The molecule has 0 nitrogen and oxygen atoms in total. The van der Waals surface area contributed by atoms with E-state index >= 15 is 0 Å². The van der Waals surface area contributed by atoms with Gasteiger partial charge in [0.2, 0.25) is 7.38 Å². The van der Waals surface area contributed by atoms with Crippen LogP contribution in [0.4, 0.5) is 0 Å². The van der Waals surface area contributed by atoms with Gasteiger partial charge in [-0.1, -0.05) is 54.1 Å². The molecular formula is C13H12Cl2Si. The van der Waals surface area contributed by atoms with Crippen LogP contribution in [0, 0.1) is 0 Å². The van der Waals surface area contributed by atoms with E-state index in [1.54, 1.807) is 0 Å². The Morgan fingerprint density at radius 2 is 1.31 bits per heavy atom. The molecule has 0 spiro atoms. The van der Waals surface area contributed by atoms with Crippen molar-refractivity contribution < 1.29 is 0 Å². The summed E-state index contributed by atoms with van der Waals surface area (Å²) >= 11 is 12.6. The average Bonchev–Trinajstić information content (AvgIpc) is 2.31. The quantitative estimate of drug-likeness (QED) is 0.578. The first-order valence-corrected chi connectivity index (χ1v) is 9.00. The molecular weight excluding hydrogens is 255 g/mol. The second-order valence-corrected chi connectivity index (χ2v) is 9.74. The maximum atomic E-state index is 6.74. The van der Waals surface area contributed by atoms with E-state index in [1.807, 2.05) is 42.5 Å². The van der Waals surface area contributed by atoms with Gasteiger partial charge in [0.25, 0.3) is 0 Å². The topological polar surface area (TPSA) is 0 Å². The third kappa shape index (κ3) is 2.32. The highest BCUT2D eigenvalue weighted by molar-refractivity contribution is 7.33. The van der Waals surface area contributed by atoms with Crippen LogP contribution in [0.15, 0.2) is 54.6 Å². The van der Waals surface area contributed by atoms with E-state index in [1.165, 1.54) is 10.4 Å². The van der Waals surface area contributed by atoms with Crippen LogP contribution in [-0.2, 0) is 0 Å². The molecule has 82 valence electrons. The van der Waals surface area contributed by atoms with Gasteiger partial charge >= 0.3 is 0 Å². The Hall–Kier alpha value is -0.763. The zero-order valence-corrected chi connectivity index (χ0v) is 11.5. The van der Waals surface area contributed by atoms with Gasteiger partial charge in [0.1, 0.15) is 0 Å². The van der Waals surface area contributed by atoms with Crippen molar-refractivity contribution in [1.82, 2.24) is 0 Å². The van der Waals surface area contributed by atoms with E-state index in [4.69, 9.17) is 22.7 Å². The zero-order chi connectivity index (χ0) is 11.6. The summed E-state index contributed by atoms with van der Waals surface area (Å²) in [5.41, 5.74) is 0. The summed E-state index contributed by atoms with van der Waals surface area (Å²) in [6.07, 6.45) is 0. The van der Waals surface area contributed by atoms with E-state index < -0.39 is 7.38 Å². The van der Waals surface area contributed by atoms with Crippen molar-refractivity contribution >= 4 is 40.4 Å². The molecule has 2 aromatic rings. The van der Waals surface area contributed by atoms with E-state index in [0.29, 0.717) is 0 Å². The standard InChI is InChI=1S/C13H12Cl2Si/c1-16(15,12-5-3-2-4-6-12)13-9-7-11(14)8-10-13/h2-10H,1H3. The first-order chi connectivity index (χ1) is 7.60. The second kappa shape index (κ2) is 4.62. The van der Waals surface area contributed by atoms with Gasteiger partial charge in [-0.2, -0.15) is 11.1 Å². The summed E-state index contributed by atoms with van der Waals surface area (Å²) in [4.78, 5) is 0. The van der Waals surface area contributed by atoms with Crippen molar-refractivity contribution in [2.45, 2.75) is 6.55 Å². The lowest BCUT2D eigenvalue weighted by atomic mass is 10.4. The van der Waals surface area contributed by atoms with Crippen LogP contribution in [0.2, 0.25) is 11.6 Å². The van der Waals surface area contributed by atoms with Crippen LogP contribution in [0.5, 0.6) is 0 Å². The normalized spacial score (nSPS) is 14.4. The summed E-state index contributed by atoms with van der Waals surface area (Å²) in [5.74, 6) is 0. The predicted molar refractivity (Wildman–Crippen MR) is 74.6 cm³/mol. The molecule has 16 heavy (non-hydrogen) atoms. The van der Waals surface area contributed by atoms with Crippen LogP contribution in [0.1, 0.15) is 0 Å². The van der Waals surface area contributed by atoms with Crippen LogP contribution >= 0.6 is 22.7 Å². The molecule has 0 heterocycles. The number of hydrogen-bond acceptors (Lipinski definition) is 0. The molecule has 3 heteroatoms. The summed E-state index contributed by atoms with van der Waals surface area (Å²) in [6.45, 7) is 2.13. The Morgan fingerprint density at radius 1 is 0.812 bits per heavy atom. The molecule has 1 atom stereocenters. The molecule has 0 radical (unpaired) electrons. The minimum absolute atomic E-state index is 0.748. The van der Waals surface area contributed by atoms with Crippen LogP contribution in [0.3, 0.4) is 0 Å². The minimum atomic E-state index is -2.06. The summed E-state index contributed by atoms with van der Waals surface area (Å²) in [7, 11) is -2.06. The zero-order valence-electron chi connectivity index (χ0n) is 8.95. The number of benzene rings is 2. The van der Waals surface area contributed by atoms with Crippen molar-refractivity contribution in [2.24, 2.45) is 0 Å². The highest BCUT2D eigenvalue weighted by atomic mass is 35.6. The molecule has 2 aromatic carbocycles. The molecule has 2 rings (SSSR count). The van der Waals surface area contributed by atoms with Crippen LogP contribution in [-0.4, -0.2) is 7.38 Å². The fourth-order valence-corrected chi connectivity index (χ4v) is 4.51. The number of hydrogen-bond donors (Lipinski definition) is 0. The van der Waals surface area contributed by atoms with Crippen LogP contribution < -0.4 is 10.4 Å². The highest BCUT2D eigenvalue weighted by Gasteiger charge is 2.29. The Labute approximate surface area is 107 Å². The largest absolute Gasteiger partial charge is 0.214 e. The summed E-state index contributed by atoms with van der Waals surface area (Å²) in [5, 5.41) is 3.15. The van der Waals surface area contributed by atoms with Crippen LogP contribution in [0.25, 0.3) is 0 Å². The van der Waals surface area contributed by atoms with Crippen molar-refractivity contribution in [3.63, 3.8) is 0 Å². The maximum absolute atomic E-state index is 6.74. The number of halogens is 2. The fraction of sp³-hybridized carbons (Fsp3) is 0.0769. The molecule has 0 fully saturated rings. The molecule has 0 aliphatic carbocycles. The van der Waals surface area contributed by atoms with Gasteiger partial charge < -0.3 is 0 Å². The summed E-state index contributed by atoms with van der Waals surface area (Å²) < 4.78 is 0. The molecule has 0 aliphatic rings. The molecule has 0 N–H and O–H groups in total. The Kier molecular flexibility index (Phi) is 3.38. The molecule has 0 bridgehead atoms. The monoisotopic (exact) mass is 266 g/mol. The minimum Gasteiger partial charge on any atom is -0.155 e. The van der Waals surface area contributed by atoms with E-state index in [2.05, 4.69) is 18.7 Å². The number of rotatable bonds is 2. The smallest absolute Gasteiger partial charge is 0.155 e. The Bertz CT molecular complexity index is 463. The van der Waals surface area contributed by atoms with E-state index in [9.17, 15) is 0 Å². The van der Waals surface area contributed by atoms with Gasteiger partial charge in [0, 0.05) is 5.02 Å². The average molecular weight is 267 g/mol. The molecule has 0 saturated heterocycles. The van der Waals surface area contributed by atoms with Gasteiger partial charge in [-0.15, -0.1) is 0 Å². The Balaban J connectivity index is 2.43. The predicted octanol–water partition coefficient (Wildman–Crippen LogP) is 3.27. The van der Waals surface area contributed by atoms with Gasteiger partial charge in [-0.3, -0.25) is 0 Å². The third-order valence-electron chi connectivity index (χ3n) is 2.70. The first kappa shape index (κ1) is 11.7. The van der Waals surface area contributed by atoms with Crippen molar-refractivity contribution in [2.75, 3.05) is 0 Å². The molecule has 0 saturated carbocycles. The highest BCUT2D eigenvalue weighted by Crippen LogP contribution is 2.12. The Morgan fingerprint density at radius 3 is 1.88 bits per heavy atom. The lowest BCUT2D eigenvalue weighted by molar-refractivity contribution is 1.71. The molecule has 0 aliphatic heterocycles. The van der Waals surface area contributed by atoms with Gasteiger partial charge in [0.15, 0.2) is 0 Å². The first-order valence-electron chi connectivity index (χ1n) is 5.11. The van der Waals surface area contributed by atoms with Crippen molar-refractivity contribution in [1.29, 1.82) is 0 Å². The van der Waals surface area contributed by atoms with E-state index in [0.717, 1.165) is 5.02 Å². The molecule has 0 amide bonds.